The van der Waals surface area contributed by atoms with Crippen molar-refractivity contribution in [2.45, 2.75) is 32.3 Å². The Bertz CT molecular complexity index is 781. The van der Waals surface area contributed by atoms with Crippen molar-refractivity contribution in [3.8, 4) is 11.5 Å². The number of esters is 1. The number of carbonyl (C=O) groups excluding carboxylic acids is 2. The molecular formula is C19H19ClO5. The maximum Gasteiger partial charge on any atom is 0.342 e. The van der Waals surface area contributed by atoms with Crippen LogP contribution in [0.15, 0.2) is 30.4 Å². The molecule has 0 radical (unpaired) electrons. The zero-order valence-corrected chi connectivity index (χ0v) is 14.5. The van der Waals surface area contributed by atoms with Gasteiger partial charge >= 0.3 is 5.97 Å². The van der Waals surface area contributed by atoms with Crippen LogP contribution in [0.25, 0.3) is 0 Å². The van der Waals surface area contributed by atoms with Crippen LogP contribution in [0.2, 0.25) is 5.02 Å². The molecule has 0 unspecified atom stereocenters. The molecule has 5 nitrogen and oxygen atoms in total. The minimum Gasteiger partial charge on any atom is -0.507 e. The van der Waals surface area contributed by atoms with Crippen molar-refractivity contribution >= 4 is 23.4 Å². The Morgan fingerprint density at radius 3 is 2.68 bits per heavy atom. The van der Waals surface area contributed by atoms with Gasteiger partial charge in [0.1, 0.15) is 17.1 Å². The minimum atomic E-state index is -0.747. The first-order valence-corrected chi connectivity index (χ1v) is 8.56. The highest BCUT2D eigenvalue weighted by Crippen LogP contribution is 2.44. The van der Waals surface area contributed by atoms with E-state index >= 15 is 0 Å². The van der Waals surface area contributed by atoms with Gasteiger partial charge in [-0.05, 0) is 37.7 Å². The SMILES string of the molecule is C[C@@H]1C[C@@H]2C[C@H]2/C=C/C=C/C(=O)Cc2c(Cl)c(O)cc(O)c2C(=O)O1. The van der Waals surface area contributed by atoms with Crippen LogP contribution in [0.3, 0.4) is 0 Å². The fourth-order valence-electron chi connectivity index (χ4n) is 3.17. The Balaban J connectivity index is 2.01. The number of cyclic esters (lactones) is 1. The Morgan fingerprint density at radius 2 is 1.92 bits per heavy atom. The molecule has 2 N–H and O–H groups in total. The van der Waals surface area contributed by atoms with E-state index in [1.807, 2.05) is 12.2 Å². The van der Waals surface area contributed by atoms with E-state index in [2.05, 4.69) is 0 Å². The molecule has 2 aliphatic rings. The highest BCUT2D eigenvalue weighted by atomic mass is 35.5. The number of hydrogen-bond acceptors (Lipinski definition) is 5. The smallest absolute Gasteiger partial charge is 0.342 e. The number of halogens is 1. The Kier molecular flexibility index (Phi) is 4.86. The third-order valence-electron chi connectivity index (χ3n) is 4.55. The number of benzene rings is 1. The first kappa shape index (κ1) is 17.5. The van der Waals surface area contributed by atoms with Crippen molar-refractivity contribution in [2.75, 3.05) is 0 Å². The molecule has 0 saturated heterocycles. The third-order valence-corrected chi connectivity index (χ3v) is 4.97. The van der Waals surface area contributed by atoms with Crippen LogP contribution in [-0.4, -0.2) is 28.1 Å². The highest BCUT2D eigenvalue weighted by Gasteiger charge is 2.36. The number of aromatic hydroxyl groups is 2. The molecule has 1 aromatic carbocycles. The second-order valence-electron chi connectivity index (χ2n) is 6.58. The van der Waals surface area contributed by atoms with E-state index in [1.165, 1.54) is 6.08 Å². The van der Waals surface area contributed by atoms with Crippen molar-refractivity contribution in [2.24, 2.45) is 11.8 Å². The molecule has 132 valence electrons. The molecule has 25 heavy (non-hydrogen) atoms. The van der Waals surface area contributed by atoms with Gasteiger partial charge in [0.15, 0.2) is 5.78 Å². The van der Waals surface area contributed by atoms with Gasteiger partial charge in [0.05, 0.1) is 11.1 Å². The number of fused-ring (bicyclic) bond motifs is 2. The first-order chi connectivity index (χ1) is 11.9. The van der Waals surface area contributed by atoms with Crippen LogP contribution in [-0.2, 0) is 16.0 Å². The molecule has 3 rings (SSSR count). The number of phenols is 2. The van der Waals surface area contributed by atoms with E-state index in [9.17, 15) is 19.8 Å². The van der Waals surface area contributed by atoms with E-state index < -0.39 is 17.5 Å². The molecule has 3 atom stereocenters. The number of hydrogen-bond donors (Lipinski definition) is 2. The van der Waals surface area contributed by atoms with Crippen molar-refractivity contribution in [3.05, 3.63) is 46.5 Å². The van der Waals surface area contributed by atoms with Gasteiger partial charge in [0, 0.05) is 18.1 Å². The fourth-order valence-corrected chi connectivity index (χ4v) is 3.39. The predicted molar refractivity (Wildman–Crippen MR) is 92.9 cm³/mol. The van der Waals surface area contributed by atoms with Crippen molar-refractivity contribution in [3.63, 3.8) is 0 Å². The summed E-state index contributed by atoms with van der Waals surface area (Å²) in [5.41, 5.74) is -0.104. The Morgan fingerprint density at radius 1 is 1.16 bits per heavy atom. The number of ketones is 1. The Labute approximate surface area is 150 Å². The molecule has 6 heteroatoms. The van der Waals surface area contributed by atoms with E-state index in [1.54, 1.807) is 13.0 Å². The average molecular weight is 363 g/mol. The van der Waals surface area contributed by atoms with Crippen LogP contribution in [0.5, 0.6) is 11.5 Å². The second-order valence-corrected chi connectivity index (χ2v) is 6.96. The number of allylic oxidation sites excluding steroid dienone is 4. The zero-order chi connectivity index (χ0) is 18.1. The Hall–Kier alpha value is -2.27. The monoisotopic (exact) mass is 362 g/mol. The summed E-state index contributed by atoms with van der Waals surface area (Å²) in [6.45, 7) is 1.80. The van der Waals surface area contributed by atoms with Gasteiger partial charge in [-0.2, -0.15) is 0 Å². The van der Waals surface area contributed by atoms with Crippen LogP contribution in [0.1, 0.15) is 35.7 Å². The fraction of sp³-hybridized carbons (Fsp3) is 0.368. The molecular weight excluding hydrogens is 344 g/mol. The van der Waals surface area contributed by atoms with Gasteiger partial charge in [0.25, 0.3) is 0 Å². The summed E-state index contributed by atoms with van der Waals surface area (Å²) in [5, 5.41) is 19.8. The summed E-state index contributed by atoms with van der Waals surface area (Å²) in [6.07, 6.45) is 8.13. The van der Waals surface area contributed by atoms with Crippen LogP contribution in [0.4, 0.5) is 0 Å². The molecule has 0 aromatic heterocycles. The quantitative estimate of drug-likeness (QED) is 0.689. The topological polar surface area (TPSA) is 83.8 Å². The van der Waals surface area contributed by atoms with Crippen molar-refractivity contribution in [1.29, 1.82) is 0 Å². The average Bonchev–Trinajstić information content (AvgIpc) is 3.25. The van der Waals surface area contributed by atoms with Gasteiger partial charge in [0.2, 0.25) is 0 Å². The summed E-state index contributed by atoms with van der Waals surface area (Å²) >= 11 is 6.07. The lowest BCUT2D eigenvalue weighted by molar-refractivity contribution is -0.114. The largest absolute Gasteiger partial charge is 0.507 e. The lowest BCUT2D eigenvalue weighted by Gasteiger charge is -2.17. The lowest BCUT2D eigenvalue weighted by atomic mass is 10.00. The van der Waals surface area contributed by atoms with Gasteiger partial charge in [-0.1, -0.05) is 29.8 Å². The summed E-state index contributed by atoms with van der Waals surface area (Å²) in [6, 6.07) is 0.982. The van der Waals surface area contributed by atoms with E-state index in [4.69, 9.17) is 16.3 Å². The number of carbonyl (C=O) groups is 2. The van der Waals surface area contributed by atoms with Crippen molar-refractivity contribution in [1.82, 2.24) is 0 Å². The van der Waals surface area contributed by atoms with Gasteiger partial charge in [-0.15, -0.1) is 0 Å². The van der Waals surface area contributed by atoms with Gasteiger partial charge in [-0.25, -0.2) is 4.79 Å². The summed E-state index contributed by atoms with van der Waals surface area (Å²) in [7, 11) is 0. The predicted octanol–water partition coefficient (Wildman–Crippen LogP) is 3.56. The highest BCUT2D eigenvalue weighted by molar-refractivity contribution is 6.33. The standard InChI is InChI=1S/C19H19ClO5/c1-10-6-12-7-11(12)4-2-3-5-13(21)8-14-17(19(24)25-10)15(22)9-16(23)18(14)20/h2-5,9-12,22-23H,6-8H2,1H3/b4-2+,5-3+/t10-,11-,12-/m1/s1. The van der Waals surface area contributed by atoms with Crippen LogP contribution in [0, 0.1) is 11.8 Å². The van der Waals surface area contributed by atoms with Gasteiger partial charge in [-0.3, -0.25) is 4.79 Å². The maximum absolute atomic E-state index is 12.5. The van der Waals surface area contributed by atoms with Crippen LogP contribution < -0.4 is 0 Å². The second kappa shape index (κ2) is 6.92. The summed E-state index contributed by atoms with van der Waals surface area (Å²) in [5.74, 6) is -1.01. The molecule has 1 heterocycles. The van der Waals surface area contributed by atoms with E-state index in [-0.39, 0.29) is 34.5 Å². The van der Waals surface area contributed by atoms with Crippen LogP contribution >= 0.6 is 11.6 Å². The zero-order valence-electron chi connectivity index (χ0n) is 13.7. The number of phenolic OH excluding ortho intramolecular Hbond substituents is 2. The molecule has 1 aliphatic carbocycles. The summed E-state index contributed by atoms with van der Waals surface area (Å²) in [4.78, 5) is 24.7. The molecule has 1 aliphatic heterocycles. The normalized spacial score (nSPS) is 29.0. The summed E-state index contributed by atoms with van der Waals surface area (Å²) < 4.78 is 5.44. The lowest BCUT2D eigenvalue weighted by Crippen LogP contribution is -2.18. The molecule has 0 bridgehead atoms. The first-order valence-electron chi connectivity index (χ1n) is 8.18. The van der Waals surface area contributed by atoms with E-state index in [0.29, 0.717) is 11.8 Å². The minimum absolute atomic E-state index is 0.0661. The van der Waals surface area contributed by atoms with E-state index in [0.717, 1.165) is 18.9 Å². The molecule has 0 amide bonds. The molecule has 1 saturated carbocycles. The number of rotatable bonds is 0. The maximum atomic E-state index is 12.5. The number of ether oxygens (including phenoxy) is 1. The van der Waals surface area contributed by atoms with Gasteiger partial charge < -0.3 is 14.9 Å². The molecule has 0 spiro atoms. The van der Waals surface area contributed by atoms with Crippen molar-refractivity contribution < 1.29 is 24.5 Å². The third kappa shape index (κ3) is 3.87. The molecule has 1 aromatic rings. The molecule has 1 fully saturated rings.